The molecule has 2 atom stereocenters. The first-order valence-electron chi connectivity index (χ1n) is 9.17. The van der Waals surface area contributed by atoms with Gasteiger partial charge in [-0.05, 0) is 68.9 Å². The van der Waals surface area contributed by atoms with Gasteiger partial charge >= 0.3 is 0 Å². The van der Waals surface area contributed by atoms with E-state index in [1.54, 1.807) is 0 Å². The fourth-order valence-corrected chi connectivity index (χ4v) is 4.27. The minimum atomic E-state index is 0.0377. The molecule has 0 aliphatic carbocycles. The Morgan fingerprint density at radius 2 is 1.78 bits per heavy atom. The van der Waals surface area contributed by atoms with Crippen LogP contribution in [0.15, 0.2) is 54.7 Å². The standard InChI is InChI=1S/C22H24N4S/c1-14-8-10-17(11-9-14)26-15(2)13-18(16(26)3)21-20(24-22(27)25(21)4)19-7-5-6-12-23-19/h5-13,20-21H,1-4H3,(H,24,27)/t20-,21-/m1/s1. The van der Waals surface area contributed by atoms with E-state index in [0.717, 1.165) is 10.8 Å². The third kappa shape index (κ3) is 3.02. The Hall–Kier alpha value is -2.66. The normalized spacial score (nSPS) is 19.4. The number of hydrogen-bond acceptors (Lipinski definition) is 2. The van der Waals surface area contributed by atoms with Crippen LogP contribution in [0.4, 0.5) is 0 Å². The van der Waals surface area contributed by atoms with Crippen LogP contribution in [0.1, 0.15) is 40.3 Å². The first-order valence-corrected chi connectivity index (χ1v) is 9.58. The molecular weight excluding hydrogens is 352 g/mol. The Labute approximate surface area is 165 Å². The number of thiocarbonyl (C=S) groups is 1. The van der Waals surface area contributed by atoms with Gasteiger partial charge in [-0.3, -0.25) is 4.98 Å². The van der Waals surface area contributed by atoms with Crippen molar-refractivity contribution in [3.63, 3.8) is 0 Å². The minimum absolute atomic E-state index is 0.0377. The van der Waals surface area contributed by atoms with Gasteiger partial charge in [-0.2, -0.15) is 0 Å². The molecule has 3 aromatic rings. The van der Waals surface area contributed by atoms with E-state index in [0.29, 0.717) is 0 Å². The summed E-state index contributed by atoms with van der Waals surface area (Å²) in [5.74, 6) is 0. The zero-order valence-electron chi connectivity index (χ0n) is 16.1. The maximum atomic E-state index is 5.57. The molecule has 1 saturated heterocycles. The monoisotopic (exact) mass is 376 g/mol. The van der Waals surface area contributed by atoms with Crippen molar-refractivity contribution in [1.29, 1.82) is 0 Å². The van der Waals surface area contributed by atoms with Crippen molar-refractivity contribution < 1.29 is 0 Å². The number of rotatable bonds is 3. The molecule has 0 amide bonds. The lowest BCUT2D eigenvalue weighted by Gasteiger charge is -2.24. The van der Waals surface area contributed by atoms with Gasteiger partial charge in [0.25, 0.3) is 0 Å². The highest BCUT2D eigenvalue weighted by Crippen LogP contribution is 2.40. The second kappa shape index (κ2) is 6.82. The molecule has 1 aliphatic rings. The molecule has 4 rings (SSSR count). The molecular formula is C22H24N4S. The Kier molecular flexibility index (Phi) is 4.48. The molecule has 5 heteroatoms. The number of hydrogen-bond donors (Lipinski definition) is 1. The van der Waals surface area contributed by atoms with Crippen LogP contribution in [0.3, 0.4) is 0 Å². The second-order valence-corrected chi connectivity index (χ2v) is 7.62. The van der Waals surface area contributed by atoms with Crippen LogP contribution in [0.5, 0.6) is 0 Å². The van der Waals surface area contributed by atoms with E-state index in [4.69, 9.17) is 12.2 Å². The molecule has 1 aromatic carbocycles. The molecule has 2 aromatic heterocycles. The largest absolute Gasteiger partial charge is 0.352 e. The van der Waals surface area contributed by atoms with E-state index in [9.17, 15) is 0 Å². The van der Waals surface area contributed by atoms with Gasteiger partial charge in [-0.25, -0.2) is 0 Å². The van der Waals surface area contributed by atoms with Gasteiger partial charge in [-0.1, -0.05) is 23.8 Å². The summed E-state index contributed by atoms with van der Waals surface area (Å²) in [5.41, 5.74) is 7.19. The Morgan fingerprint density at radius 3 is 2.44 bits per heavy atom. The lowest BCUT2D eigenvalue weighted by molar-refractivity contribution is 0.367. The number of aryl methyl sites for hydroxylation is 2. The molecule has 1 N–H and O–H groups in total. The molecule has 0 spiro atoms. The van der Waals surface area contributed by atoms with E-state index in [2.05, 4.69) is 84.0 Å². The lowest BCUT2D eigenvalue weighted by atomic mass is 9.97. The summed E-state index contributed by atoms with van der Waals surface area (Å²) in [6.45, 7) is 6.46. The topological polar surface area (TPSA) is 33.1 Å². The summed E-state index contributed by atoms with van der Waals surface area (Å²) in [6, 6.07) is 17.1. The smallest absolute Gasteiger partial charge is 0.169 e. The maximum Gasteiger partial charge on any atom is 0.169 e. The molecule has 138 valence electrons. The average molecular weight is 377 g/mol. The highest BCUT2D eigenvalue weighted by atomic mass is 32.1. The fourth-order valence-electron chi connectivity index (χ4n) is 4.03. The number of nitrogens with zero attached hydrogens (tertiary/aromatic N) is 3. The molecule has 3 heterocycles. The summed E-state index contributed by atoms with van der Waals surface area (Å²) >= 11 is 5.57. The quantitative estimate of drug-likeness (QED) is 0.687. The highest BCUT2D eigenvalue weighted by molar-refractivity contribution is 7.80. The van der Waals surface area contributed by atoms with Gasteiger partial charge in [0, 0.05) is 30.3 Å². The molecule has 0 radical (unpaired) electrons. The Bertz CT molecular complexity index is 976. The zero-order chi connectivity index (χ0) is 19.1. The summed E-state index contributed by atoms with van der Waals surface area (Å²) in [6.07, 6.45) is 1.84. The molecule has 0 saturated carbocycles. The molecule has 1 aliphatic heterocycles. The number of benzene rings is 1. The van der Waals surface area contributed by atoms with Crippen LogP contribution in [0, 0.1) is 20.8 Å². The Balaban J connectivity index is 1.81. The van der Waals surface area contributed by atoms with E-state index in [1.807, 2.05) is 18.3 Å². The van der Waals surface area contributed by atoms with Crippen LogP contribution in [0.2, 0.25) is 0 Å². The van der Waals surface area contributed by atoms with E-state index >= 15 is 0 Å². The Morgan fingerprint density at radius 1 is 1.04 bits per heavy atom. The third-order valence-corrected chi connectivity index (χ3v) is 5.83. The first-order chi connectivity index (χ1) is 13.0. The molecule has 27 heavy (non-hydrogen) atoms. The van der Waals surface area contributed by atoms with Crippen molar-refractivity contribution in [3.05, 3.63) is 82.9 Å². The van der Waals surface area contributed by atoms with Crippen molar-refractivity contribution in [2.24, 2.45) is 0 Å². The number of nitrogens with one attached hydrogen (secondary N) is 1. The average Bonchev–Trinajstić information content (AvgIpc) is 3.12. The number of aromatic nitrogens is 2. The van der Waals surface area contributed by atoms with Gasteiger partial charge in [0.1, 0.15) is 0 Å². The van der Waals surface area contributed by atoms with E-state index < -0.39 is 0 Å². The summed E-state index contributed by atoms with van der Waals surface area (Å²) in [5, 5.41) is 4.22. The van der Waals surface area contributed by atoms with Crippen LogP contribution in [-0.2, 0) is 0 Å². The predicted octanol–water partition coefficient (Wildman–Crippen LogP) is 4.40. The predicted molar refractivity (Wildman–Crippen MR) is 113 cm³/mol. The summed E-state index contributed by atoms with van der Waals surface area (Å²) < 4.78 is 2.32. The highest BCUT2D eigenvalue weighted by Gasteiger charge is 2.39. The van der Waals surface area contributed by atoms with Gasteiger partial charge in [-0.15, -0.1) is 0 Å². The van der Waals surface area contributed by atoms with Gasteiger partial charge in [0.15, 0.2) is 5.11 Å². The van der Waals surface area contributed by atoms with Gasteiger partial charge < -0.3 is 14.8 Å². The minimum Gasteiger partial charge on any atom is -0.352 e. The third-order valence-electron chi connectivity index (χ3n) is 5.42. The molecule has 0 bridgehead atoms. The van der Waals surface area contributed by atoms with Crippen molar-refractivity contribution in [2.75, 3.05) is 7.05 Å². The second-order valence-electron chi connectivity index (χ2n) is 7.23. The maximum absolute atomic E-state index is 5.57. The molecule has 0 unspecified atom stereocenters. The van der Waals surface area contributed by atoms with Crippen LogP contribution >= 0.6 is 12.2 Å². The van der Waals surface area contributed by atoms with Crippen LogP contribution in [-0.4, -0.2) is 26.6 Å². The summed E-state index contributed by atoms with van der Waals surface area (Å²) in [7, 11) is 2.06. The van der Waals surface area contributed by atoms with Crippen molar-refractivity contribution >= 4 is 17.3 Å². The SMILES string of the molecule is Cc1ccc(-n2c(C)cc([C@@H]3[C@@H](c4ccccn4)NC(=S)N3C)c2C)cc1. The van der Waals surface area contributed by atoms with Crippen LogP contribution < -0.4 is 5.32 Å². The van der Waals surface area contributed by atoms with Crippen LogP contribution in [0.25, 0.3) is 5.69 Å². The lowest BCUT2D eigenvalue weighted by Crippen LogP contribution is -2.25. The van der Waals surface area contributed by atoms with Crippen molar-refractivity contribution in [2.45, 2.75) is 32.9 Å². The fraction of sp³-hybridized carbons (Fsp3) is 0.273. The van der Waals surface area contributed by atoms with Gasteiger partial charge in [0.05, 0.1) is 17.8 Å². The molecule has 4 nitrogen and oxygen atoms in total. The summed E-state index contributed by atoms with van der Waals surface area (Å²) in [4.78, 5) is 6.73. The first kappa shape index (κ1) is 17.7. The van der Waals surface area contributed by atoms with Crippen molar-refractivity contribution in [1.82, 2.24) is 19.8 Å². The van der Waals surface area contributed by atoms with E-state index in [-0.39, 0.29) is 12.1 Å². The number of pyridine rings is 1. The number of likely N-dealkylation sites (N-methyl/N-ethyl adjacent to an activating group) is 1. The van der Waals surface area contributed by atoms with Crippen molar-refractivity contribution in [3.8, 4) is 5.69 Å². The molecule has 1 fully saturated rings. The van der Waals surface area contributed by atoms with E-state index in [1.165, 1.54) is 28.2 Å². The zero-order valence-corrected chi connectivity index (χ0v) is 16.9. The van der Waals surface area contributed by atoms with Gasteiger partial charge in [0.2, 0.25) is 0 Å².